The summed E-state index contributed by atoms with van der Waals surface area (Å²) < 4.78 is 0. The molecule has 9 heavy (non-hydrogen) atoms. The summed E-state index contributed by atoms with van der Waals surface area (Å²) in [6, 6.07) is 0. The van der Waals surface area contributed by atoms with E-state index in [4.69, 9.17) is 0 Å². The van der Waals surface area contributed by atoms with E-state index in [0.717, 1.165) is 12.8 Å². The first-order valence-electron chi connectivity index (χ1n) is 2.92. The molecule has 0 aromatic heterocycles. The van der Waals surface area contributed by atoms with E-state index in [1.54, 1.807) is 0 Å². The van der Waals surface area contributed by atoms with E-state index >= 15 is 0 Å². The molecule has 1 rings (SSSR count). The summed E-state index contributed by atoms with van der Waals surface area (Å²) in [6.45, 7) is 5.50. The molecule has 0 bridgehead atoms. The Kier molecular flexibility index (Phi) is 14.8. The standard InChI is InChI=1S/C5H5.C3H7.Mg/c1-2-4-5-3-1;1-3-2;/h1-3H,4H2;1,3H2,2H3;/q2*-1;+2. The molecule has 0 heterocycles. The fourth-order valence-corrected chi connectivity index (χ4v) is 0.340. The Morgan fingerprint density at radius 3 is 2.33 bits per heavy atom. The quantitative estimate of drug-likeness (QED) is 0.350. The van der Waals surface area contributed by atoms with Crippen molar-refractivity contribution in [2.24, 2.45) is 0 Å². The summed E-state index contributed by atoms with van der Waals surface area (Å²) in [4.78, 5) is 0. The second-order valence-corrected chi connectivity index (χ2v) is 1.50. The molecule has 46 valence electrons. The normalized spacial score (nSPS) is 11.8. The van der Waals surface area contributed by atoms with E-state index in [1.165, 1.54) is 0 Å². The van der Waals surface area contributed by atoms with Gasteiger partial charge in [-0.2, -0.15) is 12.5 Å². The molecule has 0 aliphatic heterocycles. The molecule has 0 aromatic rings. The summed E-state index contributed by atoms with van der Waals surface area (Å²) in [6.07, 6.45) is 11.0. The van der Waals surface area contributed by atoms with Crippen LogP contribution in [0, 0.1) is 13.0 Å². The minimum absolute atomic E-state index is 0. The fraction of sp³-hybridized carbons (Fsp3) is 0.375. The van der Waals surface area contributed by atoms with Crippen molar-refractivity contribution in [2.75, 3.05) is 0 Å². The van der Waals surface area contributed by atoms with Crippen LogP contribution in [0.5, 0.6) is 0 Å². The van der Waals surface area contributed by atoms with Crippen LogP contribution in [0.2, 0.25) is 0 Å². The molecule has 0 N–H and O–H groups in total. The molecular weight excluding hydrogens is 120 g/mol. The van der Waals surface area contributed by atoms with Gasteiger partial charge in [-0.05, 0) is 0 Å². The molecule has 0 atom stereocenters. The Labute approximate surface area is 74.2 Å². The van der Waals surface area contributed by atoms with Crippen LogP contribution < -0.4 is 0 Å². The number of hydrogen-bond donors (Lipinski definition) is 0. The maximum atomic E-state index is 3.49. The van der Waals surface area contributed by atoms with Crippen LogP contribution >= 0.6 is 0 Å². The molecule has 0 saturated carbocycles. The Morgan fingerprint density at radius 2 is 2.22 bits per heavy atom. The van der Waals surface area contributed by atoms with Crippen LogP contribution in [-0.4, -0.2) is 23.1 Å². The van der Waals surface area contributed by atoms with Gasteiger partial charge in [-0.15, -0.1) is 6.42 Å². The van der Waals surface area contributed by atoms with Crippen molar-refractivity contribution < 1.29 is 0 Å². The Morgan fingerprint density at radius 1 is 1.67 bits per heavy atom. The van der Waals surface area contributed by atoms with Gasteiger partial charge in [0.15, 0.2) is 0 Å². The summed E-state index contributed by atoms with van der Waals surface area (Å²) in [5.41, 5.74) is 0. The van der Waals surface area contributed by atoms with Crippen molar-refractivity contribution >= 4 is 23.1 Å². The zero-order valence-electron chi connectivity index (χ0n) is 6.06. The fourth-order valence-electron chi connectivity index (χ4n) is 0.340. The predicted molar refractivity (Wildman–Crippen MR) is 43.0 cm³/mol. The van der Waals surface area contributed by atoms with Crippen molar-refractivity contribution in [3.63, 3.8) is 0 Å². The SMILES string of the molecule is [C-]1=CC=CC1.[CH2-]CC.[Mg+2]. The van der Waals surface area contributed by atoms with E-state index in [1.807, 2.05) is 19.1 Å². The first-order valence-corrected chi connectivity index (χ1v) is 2.92. The molecular formula is C8H12Mg. The van der Waals surface area contributed by atoms with Gasteiger partial charge < -0.3 is 6.92 Å². The van der Waals surface area contributed by atoms with Crippen molar-refractivity contribution in [2.45, 2.75) is 19.8 Å². The van der Waals surface area contributed by atoms with Gasteiger partial charge in [0, 0.05) is 0 Å². The molecule has 0 unspecified atom stereocenters. The third kappa shape index (κ3) is 11.7. The van der Waals surface area contributed by atoms with E-state index < -0.39 is 0 Å². The van der Waals surface area contributed by atoms with Crippen LogP contribution in [0.15, 0.2) is 18.2 Å². The van der Waals surface area contributed by atoms with Crippen molar-refractivity contribution in [3.8, 4) is 0 Å². The smallest absolute Gasteiger partial charge is 0.344 e. The van der Waals surface area contributed by atoms with Crippen LogP contribution in [0.1, 0.15) is 19.8 Å². The maximum Gasteiger partial charge on any atom is 2.00 e. The second kappa shape index (κ2) is 11.1. The van der Waals surface area contributed by atoms with Gasteiger partial charge in [-0.1, -0.05) is 6.92 Å². The minimum atomic E-state index is 0. The molecule has 1 heteroatoms. The third-order valence-electron chi connectivity index (χ3n) is 0.586. The number of hydrogen-bond acceptors (Lipinski definition) is 0. The van der Waals surface area contributed by atoms with Gasteiger partial charge >= 0.3 is 23.1 Å². The van der Waals surface area contributed by atoms with E-state index in [0.29, 0.717) is 0 Å². The largest absolute Gasteiger partial charge is 2.00 e. The Hall–Kier alpha value is 0.246. The molecule has 0 nitrogen and oxygen atoms in total. The predicted octanol–water partition coefficient (Wildman–Crippen LogP) is 2.16. The van der Waals surface area contributed by atoms with Crippen LogP contribution in [0.25, 0.3) is 0 Å². The Bertz CT molecular complexity index is 72.6. The van der Waals surface area contributed by atoms with Crippen molar-refractivity contribution in [1.82, 2.24) is 0 Å². The van der Waals surface area contributed by atoms with Gasteiger partial charge in [-0.25, -0.2) is 12.2 Å². The van der Waals surface area contributed by atoms with Gasteiger partial charge in [-0.3, -0.25) is 6.08 Å². The van der Waals surface area contributed by atoms with E-state index in [2.05, 4.69) is 19.1 Å². The average molecular weight is 132 g/mol. The summed E-state index contributed by atoms with van der Waals surface area (Å²) in [7, 11) is 0. The summed E-state index contributed by atoms with van der Waals surface area (Å²) >= 11 is 0. The van der Waals surface area contributed by atoms with Gasteiger partial charge in [0.25, 0.3) is 0 Å². The zero-order chi connectivity index (χ0) is 6.24. The van der Waals surface area contributed by atoms with Crippen LogP contribution in [0.4, 0.5) is 0 Å². The number of allylic oxidation sites excluding steroid dienone is 4. The molecule has 0 amide bonds. The van der Waals surface area contributed by atoms with Crippen molar-refractivity contribution in [3.05, 3.63) is 31.2 Å². The topological polar surface area (TPSA) is 0 Å². The third-order valence-corrected chi connectivity index (χ3v) is 0.586. The molecule has 0 saturated heterocycles. The van der Waals surface area contributed by atoms with Crippen LogP contribution in [-0.2, 0) is 0 Å². The monoisotopic (exact) mass is 132 g/mol. The number of rotatable bonds is 0. The Balaban J connectivity index is 0. The average Bonchev–Trinajstić information content (AvgIpc) is 2.17. The zero-order valence-corrected chi connectivity index (χ0v) is 7.47. The molecule has 0 fully saturated rings. The molecule has 1 aliphatic rings. The van der Waals surface area contributed by atoms with Gasteiger partial charge in [0.1, 0.15) is 0 Å². The molecule has 0 spiro atoms. The van der Waals surface area contributed by atoms with Crippen LogP contribution in [0.3, 0.4) is 0 Å². The van der Waals surface area contributed by atoms with Gasteiger partial charge in [0.2, 0.25) is 0 Å². The molecule has 0 aromatic carbocycles. The minimum Gasteiger partial charge on any atom is -0.344 e. The second-order valence-electron chi connectivity index (χ2n) is 1.50. The van der Waals surface area contributed by atoms with E-state index in [-0.39, 0.29) is 23.1 Å². The summed E-state index contributed by atoms with van der Waals surface area (Å²) in [5, 5.41) is 0. The molecule has 0 radical (unpaired) electrons. The maximum absolute atomic E-state index is 3.49. The van der Waals surface area contributed by atoms with E-state index in [9.17, 15) is 0 Å². The molecule has 1 aliphatic carbocycles. The summed E-state index contributed by atoms with van der Waals surface area (Å²) in [5.74, 6) is 0. The van der Waals surface area contributed by atoms with Gasteiger partial charge in [0.05, 0.1) is 0 Å². The van der Waals surface area contributed by atoms with Crippen molar-refractivity contribution in [1.29, 1.82) is 0 Å². The first-order chi connectivity index (χ1) is 3.91. The first kappa shape index (κ1) is 12.0.